The molecule has 5 heteroatoms. The van der Waals surface area contributed by atoms with Crippen molar-refractivity contribution in [2.24, 2.45) is 0 Å². The van der Waals surface area contributed by atoms with Crippen LogP contribution in [0.2, 0.25) is 0 Å². The topological polar surface area (TPSA) is 40.5 Å². The highest BCUT2D eigenvalue weighted by Gasteiger charge is 2.22. The maximum absolute atomic E-state index is 13.4. The van der Waals surface area contributed by atoms with Crippen molar-refractivity contribution in [3.63, 3.8) is 0 Å². The first-order valence-corrected chi connectivity index (χ1v) is 5.28. The van der Waals surface area contributed by atoms with Crippen LogP contribution in [-0.2, 0) is 6.42 Å². The van der Waals surface area contributed by atoms with Crippen LogP contribution in [0.25, 0.3) is 0 Å². The summed E-state index contributed by atoms with van der Waals surface area (Å²) in [5.74, 6) is 0. The second-order valence-corrected chi connectivity index (χ2v) is 3.72. The molecule has 0 heterocycles. The normalized spacial score (nSPS) is 14.6. The van der Waals surface area contributed by atoms with Gasteiger partial charge in [-0.3, -0.25) is 0 Å². The fraction of sp³-hybridized carbons (Fsp3) is 0.455. The minimum atomic E-state index is -1.65. The molecule has 0 radical (unpaired) electrons. The van der Waals surface area contributed by atoms with E-state index in [0.717, 1.165) is 0 Å². The molecule has 88 valence electrons. The molecule has 1 rings (SSSR count). The van der Waals surface area contributed by atoms with Crippen LogP contribution >= 0.6 is 0 Å². The summed E-state index contributed by atoms with van der Waals surface area (Å²) in [5, 5.41) is 18.1. The molecule has 1 aromatic carbocycles. The van der Waals surface area contributed by atoms with E-state index in [4.69, 9.17) is 10.0 Å². The molecule has 0 aliphatic rings. The molecular weight excluding hydrogens is 213 g/mol. The van der Waals surface area contributed by atoms with Crippen LogP contribution in [-0.4, -0.2) is 29.5 Å². The summed E-state index contributed by atoms with van der Waals surface area (Å²) >= 11 is 0. The molecule has 0 amide bonds. The second kappa shape index (κ2) is 5.96. The van der Waals surface area contributed by atoms with Crippen molar-refractivity contribution in [3.8, 4) is 0 Å². The summed E-state index contributed by atoms with van der Waals surface area (Å²) in [4.78, 5) is 0. The van der Waals surface area contributed by atoms with E-state index in [-0.39, 0.29) is 18.3 Å². The van der Waals surface area contributed by atoms with Gasteiger partial charge in [-0.25, -0.2) is 8.78 Å². The lowest BCUT2D eigenvalue weighted by molar-refractivity contribution is 0.162. The third-order valence-corrected chi connectivity index (χ3v) is 2.53. The maximum Gasteiger partial charge on any atom is 0.488 e. The van der Waals surface area contributed by atoms with Crippen LogP contribution in [0.3, 0.4) is 0 Å². The zero-order chi connectivity index (χ0) is 12.1. The Morgan fingerprint density at radius 2 is 1.81 bits per heavy atom. The predicted octanol–water partition coefficient (Wildman–Crippen LogP) is 0.995. The van der Waals surface area contributed by atoms with E-state index >= 15 is 0 Å². The number of rotatable bonds is 5. The lowest BCUT2D eigenvalue weighted by atomic mass is 9.76. The van der Waals surface area contributed by atoms with Gasteiger partial charge in [-0.05, 0) is 17.4 Å². The summed E-state index contributed by atoms with van der Waals surface area (Å²) in [6.07, 6.45) is -3.14. The fourth-order valence-electron chi connectivity index (χ4n) is 1.57. The standard InChI is InChI=1S/C11H15BF2O2/c1-2-10(13)11(14)7-8-5-3-4-6-9(8)12(15)16/h3-6,10-11,15-16H,2,7H2,1H3. The minimum Gasteiger partial charge on any atom is -0.423 e. The zero-order valence-electron chi connectivity index (χ0n) is 9.11. The molecule has 0 saturated carbocycles. The van der Waals surface area contributed by atoms with Gasteiger partial charge >= 0.3 is 7.12 Å². The molecular formula is C11H15BF2O2. The fourth-order valence-corrected chi connectivity index (χ4v) is 1.57. The van der Waals surface area contributed by atoms with Gasteiger partial charge in [0.2, 0.25) is 0 Å². The highest BCUT2D eigenvalue weighted by atomic mass is 19.2. The van der Waals surface area contributed by atoms with Gasteiger partial charge in [0.25, 0.3) is 0 Å². The Bertz CT molecular complexity index is 334. The van der Waals surface area contributed by atoms with Gasteiger partial charge in [0, 0.05) is 6.42 Å². The lowest BCUT2D eigenvalue weighted by Gasteiger charge is -2.14. The first-order chi connectivity index (χ1) is 7.56. The molecule has 2 atom stereocenters. The summed E-state index contributed by atoms with van der Waals surface area (Å²) in [6.45, 7) is 1.57. The van der Waals surface area contributed by atoms with Gasteiger partial charge in [0.05, 0.1) is 0 Å². The van der Waals surface area contributed by atoms with Crippen LogP contribution in [0.4, 0.5) is 8.78 Å². The largest absolute Gasteiger partial charge is 0.488 e. The van der Waals surface area contributed by atoms with Gasteiger partial charge in [-0.1, -0.05) is 31.2 Å². The quantitative estimate of drug-likeness (QED) is 0.738. The molecule has 2 nitrogen and oxygen atoms in total. The molecule has 0 bridgehead atoms. The average Bonchev–Trinajstić information content (AvgIpc) is 2.28. The molecule has 0 aliphatic carbocycles. The van der Waals surface area contributed by atoms with Crippen molar-refractivity contribution in [3.05, 3.63) is 29.8 Å². The van der Waals surface area contributed by atoms with Crippen molar-refractivity contribution in [2.75, 3.05) is 0 Å². The Morgan fingerprint density at radius 1 is 1.19 bits per heavy atom. The van der Waals surface area contributed by atoms with Crippen LogP contribution in [0.5, 0.6) is 0 Å². The van der Waals surface area contributed by atoms with E-state index < -0.39 is 19.5 Å². The van der Waals surface area contributed by atoms with Crippen LogP contribution < -0.4 is 5.46 Å². The highest BCUT2D eigenvalue weighted by molar-refractivity contribution is 6.59. The average molecular weight is 228 g/mol. The van der Waals surface area contributed by atoms with Crippen LogP contribution in [0.1, 0.15) is 18.9 Å². The summed E-state index contributed by atoms with van der Waals surface area (Å²) in [5.41, 5.74) is 0.662. The van der Waals surface area contributed by atoms with Gasteiger partial charge in [-0.2, -0.15) is 0 Å². The van der Waals surface area contributed by atoms with Gasteiger partial charge in [-0.15, -0.1) is 0 Å². The first kappa shape index (κ1) is 13.1. The van der Waals surface area contributed by atoms with Gasteiger partial charge in [0.15, 0.2) is 0 Å². The van der Waals surface area contributed by atoms with Crippen molar-refractivity contribution in [1.29, 1.82) is 0 Å². The summed E-state index contributed by atoms with van der Waals surface area (Å²) in [6, 6.07) is 6.35. The van der Waals surface area contributed by atoms with E-state index in [2.05, 4.69) is 0 Å². The zero-order valence-corrected chi connectivity index (χ0v) is 9.11. The highest BCUT2D eigenvalue weighted by Crippen LogP contribution is 2.13. The van der Waals surface area contributed by atoms with Crippen LogP contribution in [0.15, 0.2) is 24.3 Å². The summed E-state index contributed by atoms with van der Waals surface area (Å²) in [7, 11) is -1.65. The third-order valence-electron chi connectivity index (χ3n) is 2.53. The Balaban J connectivity index is 2.80. The first-order valence-electron chi connectivity index (χ1n) is 5.28. The van der Waals surface area contributed by atoms with E-state index in [0.29, 0.717) is 5.56 Å². The maximum atomic E-state index is 13.4. The Hall–Kier alpha value is -0.935. The predicted molar refractivity (Wildman–Crippen MR) is 60.1 cm³/mol. The molecule has 0 saturated heterocycles. The lowest BCUT2D eigenvalue weighted by Crippen LogP contribution is -2.34. The minimum absolute atomic E-state index is 0.116. The molecule has 0 fully saturated rings. The van der Waals surface area contributed by atoms with Gasteiger partial charge in [0.1, 0.15) is 12.3 Å². The van der Waals surface area contributed by atoms with Crippen molar-refractivity contribution >= 4 is 12.6 Å². The van der Waals surface area contributed by atoms with Crippen molar-refractivity contribution < 1.29 is 18.8 Å². The molecule has 1 aromatic rings. The second-order valence-electron chi connectivity index (χ2n) is 3.72. The van der Waals surface area contributed by atoms with Crippen LogP contribution in [0, 0.1) is 0 Å². The number of benzene rings is 1. The smallest absolute Gasteiger partial charge is 0.423 e. The number of alkyl halides is 2. The SMILES string of the molecule is CCC(F)C(F)Cc1ccccc1B(O)O. The number of halogens is 2. The van der Waals surface area contributed by atoms with Gasteiger partial charge < -0.3 is 10.0 Å². The Labute approximate surface area is 94.1 Å². The van der Waals surface area contributed by atoms with E-state index in [1.165, 1.54) is 6.07 Å². The van der Waals surface area contributed by atoms with E-state index in [9.17, 15) is 8.78 Å². The third kappa shape index (κ3) is 3.28. The summed E-state index contributed by atoms with van der Waals surface area (Å²) < 4.78 is 26.4. The number of hydrogen-bond donors (Lipinski definition) is 2. The molecule has 2 N–H and O–H groups in total. The monoisotopic (exact) mass is 228 g/mol. The molecule has 0 aromatic heterocycles. The molecule has 16 heavy (non-hydrogen) atoms. The Morgan fingerprint density at radius 3 is 2.38 bits per heavy atom. The van der Waals surface area contributed by atoms with Crippen molar-refractivity contribution in [2.45, 2.75) is 32.1 Å². The van der Waals surface area contributed by atoms with E-state index in [1.54, 1.807) is 25.1 Å². The molecule has 0 aliphatic heterocycles. The van der Waals surface area contributed by atoms with E-state index in [1.807, 2.05) is 0 Å². The molecule has 2 unspecified atom stereocenters. The van der Waals surface area contributed by atoms with Crippen molar-refractivity contribution in [1.82, 2.24) is 0 Å². The number of hydrogen-bond acceptors (Lipinski definition) is 2. The Kier molecular flexibility index (Phi) is 4.89. The molecule has 0 spiro atoms.